The smallest absolute Gasteiger partial charge is 0.139 e. The number of piperidine rings is 1. The van der Waals surface area contributed by atoms with E-state index in [4.69, 9.17) is 0 Å². The molecule has 1 saturated heterocycles. The monoisotopic (exact) mass is 431 g/mol. The van der Waals surface area contributed by atoms with Crippen molar-refractivity contribution in [3.8, 4) is 0 Å². The molecule has 4 saturated carbocycles. The molecule has 1 unspecified atom stereocenters. The van der Waals surface area contributed by atoms with E-state index in [1.807, 2.05) is 0 Å². The van der Waals surface area contributed by atoms with Crippen molar-refractivity contribution in [1.82, 2.24) is 5.32 Å². The van der Waals surface area contributed by atoms with Gasteiger partial charge in [0.1, 0.15) is 5.78 Å². The van der Waals surface area contributed by atoms with Gasteiger partial charge >= 0.3 is 0 Å². The van der Waals surface area contributed by atoms with Gasteiger partial charge in [0.15, 0.2) is 0 Å². The molecule has 4 aliphatic carbocycles. The molecule has 1 heterocycles. The number of hydrogen-bond acceptors (Lipinski definition) is 4. The number of aliphatic hydroxyl groups is 2. The summed E-state index contributed by atoms with van der Waals surface area (Å²) in [6, 6.07) is 0. The van der Waals surface area contributed by atoms with E-state index in [-0.39, 0.29) is 29.3 Å². The molecule has 0 bridgehead atoms. The predicted octanol–water partition coefficient (Wildman–Crippen LogP) is 4.33. The number of Topliss-reactive ketones (excluding diaryl/α,β-unsaturated/α-hetero) is 1. The van der Waals surface area contributed by atoms with Crippen LogP contribution in [0, 0.1) is 46.3 Å². The van der Waals surface area contributed by atoms with E-state index in [9.17, 15) is 15.0 Å². The molecule has 4 heteroatoms. The second-order valence-electron chi connectivity index (χ2n) is 12.2. The highest BCUT2D eigenvalue weighted by Gasteiger charge is 2.65. The van der Waals surface area contributed by atoms with E-state index in [1.165, 1.54) is 44.9 Å². The minimum Gasteiger partial charge on any atom is -0.396 e. The summed E-state index contributed by atoms with van der Waals surface area (Å²) >= 11 is 0. The van der Waals surface area contributed by atoms with Crippen LogP contribution >= 0.6 is 0 Å². The van der Waals surface area contributed by atoms with Crippen molar-refractivity contribution >= 4 is 5.78 Å². The van der Waals surface area contributed by atoms with Crippen LogP contribution < -0.4 is 5.32 Å². The zero-order valence-corrected chi connectivity index (χ0v) is 19.7. The van der Waals surface area contributed by atoms with Crippen LogP contribution in [0.3, 0.4) is 0 Å². The van der Waals surface area contributed by atoms with E-state index < -0.39 is 6.10 Å². The summed E-state index contributed by atoms with van der Waals surface area (Å²) in [5, 5.41) is 25.4. The molecule has 3 N–H and O–H groups in total. The van der Waals surface area contributed by atoms with E-state index in [0.717, 1.165) is 57.5 Å². The van der Waals surface area contributed by atoms with Crippen LogP contribution in [-0.2, 0) is 4.79 Å². The zero-order valence-electron chi connectivity index (χ0n) is 19.7. The van der Waals surface area contributed by atoms with Gasteiger partial charge in [0, 0.05) is 24.4 Å². The Morgan fingerprint density at radius 1 is 1.00 bits per heavy atom. The molecule has 0 radical (unpaired) electrons. The molecule has 0 aromatic heterocycles. The highest BCUT2D eigenvalue weighted by atomic mass is 16.3. The summed E-state index contributed by atoms with van der Waals surface area (Å²) in [5.74, 6) is 2.88. The summed E-state index contributed by atoms with van der Waals surface area (Å²) in [7, 11) is 0. The van der Waals surface area contributed by atoms with E-state index >= 15 is 0 Å². The van der Waals surface area contributed by atoms with Gasteiger partial charge in [-0.15, -0.1) is 0 Å². The fourth-order valence-electron chi connectivity index (χ4n) is 9.67. The highest BCUT2D eigenvalue weighted by molar-refractivity contribution is 5.87. The van der Waals surface area contributed by atoms with Crippen LogP contribution in [0.2, 0.25) is 0 Å². The number of aliphatic hydroxyl groups excluding tert-OH is 2. The average Bonchev–Trinajstić information content (AvgIpc) is 3.11. The van der Waals surface area contributed by atoms with Gasteiger partial charge in [0.05, 0.1) is 6.10 Å². The lowest BCUT2D eigenvalue weighted by molar-refractivity contribution is -0.198. The molecule has 176 valence electrons. The molecule has 5 rings (SSSR count). The van der Waals surface area contributed by atoms with Crippen molar-refractivity contribution in [2.45, 2.75) is 96.5 Å². The van der Waals surface area contributed by atoms with Gasteiger partial charge in [-0.1, -0.05) is 32.6 Å². The number of ketones is 1. The van der Waals surface area contributed by atoms with Crippen molar-refractivity contribution < 1.29 is 15.0 Å². The molecule has 5 fully saturated rings. The molecule has 0 aromatic rings. The normalized spacial score (nSPS) is 48.2. The second-order valence-corrected chi connectivity index (χ2v) is 12.2. The number of carbonyl (C=O) groups excluding carboxylic acids is 1. The van der Waals surface area contributed by atoms with Crippen molar-refractivity contribution in [2.75, 3.05) is 19.7 Å². The minimum atomic E-state index is -0.425. The van der Waals surface area contributed by atoms with Gasteiger partial charge in [-0.05, 0) is 99.5 Å². The SMILES string of the molecule is C[C@]12CCCCC1[C@@H](CO)[C@@H](O)[C@H]1[C@@H]3CCC(=O)[C@@]3(CCCC3CCNCC3)CC[C@@H]12. The Bertz CT molecular complexity index is 661. The van der Waals surface area contributed by atoms with Gasteiger partial charge in [-0.2, -0.15) is 0 Å². The predicted molar refractivity (Wildman–Crippen MR) is 122 cm³/mol. The first-order valence-corrected chi connectivity index (χ1v) is 13.5. The summed E-state index contributed by atoms with van der Waals surface area (Å²) in [6.45, 7) is 4.88. The van der Waals surface area contributed by atoms with Crippen LogP contribution in [0.5, 0.6) is 0 Å². The first-order valence-electron chi connectivity index (χ1n) is 13.5. The fourth-order valence-corrected chi connectivity index (χ4v) is 9.67. The number of nitrogens with one attached hydrogen (secondary N) is 1. The molecular weight excluding hydrogens is 386 g/mol. The van der Waals surface area contributed by atoms with Crippen LogP contribution in [-0.4, -0.2) is 41.8 Å². The first-order chi connectivity index (χ1) is 15.0. The number of carbonyl (C=O) groups is 1. The highest BCUT2D eigenvalue weighted by Crippen LogP contribution is 2.67. The Morgan fingerprint density at radius 2 is 1.81 bits per heavy atom. The molecule has 8 atom stereocenters. The minimum absolute atomic E-state index is 0.00721. The summed E-state index contributed by atoms with van der Waals surface area (Å²) in [5.41, 5.74) is 0.0649. The third-order valence-corrected chi connectivity index (χ3v) is 11.2. The lowest BCUT2D eigenvalue weighted by atomic mass is 9.42. The van der Waals surface area contributed by atoms with Crippen LogP contribution in [0.25, 0.3) is 0 Å². The molecule has 4 nitrogen and oxygen atoms in total. The zero-order chi connectivity index (χ0) is 21.6. The van der Waals surface area contributed by atoms with Crippen molar-refractivity contribution in [2.24, 2.45) is 46.3 Å². The standard InChI is InChI=1S/C27H45NO3/c1-26-12-3-2-6-20(26)19(17-29)25(31)24-21(26)9-14-27(22(24)7-8-23(27)30)13-4-5-18-10-15-28-16-11-18/h18-22,24-25,28-29,31H,2-17H2,1H3/t19-,20?,21+,22+,24-,25-,26+,27+/m1/s1. The number of hydrogen-bond donors (Lipinski definition) is 3. The van der Waals surface area contributed by atoms with E-state index in [0.29, 0.717) is 23.5 Å². The fraction of sp³-hybridized carbons (Fsp3) is 0.963. The molecule has 31 heavy (non-hydrogen) atoms. The quantitative estimate of drug-likeness (QED) is 0.606. The lowest BCUT2D eigenvalue weighted by Crippen LogP contribution is -2.62. The maximum Gasteiger partial charge on any atom is 0.139 e. The first kappa shape index (κ1) is 22.3. The topological polar surface area (TPSA) is 69.6 Å². The Balaban J connectivity index is 1.38. The Labute approximate surface area is 188 Å². The lowest BCUT2D eigenvalue weighted by Gasteiger charge is -2.63. The molecule has 0 amide bonds. The largest absolute Gasteiger partial charge is 0.396 e. The molecule has 1 aliphatic heterocycles. The van der Waals surface area contributed by atoms with Crippen molar-refractivity contribution in [1.29, 1.82) is 0 Å². The number of rotatable bonds is 5. The van der Waals surface area contributed by atoms with Crippen LogP contribution in [0.1, 0.15) is 90.4 Å². The van der Waals surface area contributed by atoms with Gasteiger partial charge in [0.25, 0.3) is 0 Å². The van der Waals surface area contributed by atoms with Gasteiger partial charge < -0.3 is 15.5 Å². The third-order valence-electron chi connectivity index (χ3n) is 11.2. The molecular formula is C27H45NO3. The van der Waals surface area contributed by atoms with Gasteiger partial charge in [-0.3, -0.25) is 4.79 Å². The van der Waals surface area contributed by atoms with Gasteiger partial charge in [-0.25, -0.2) is 0 Å². The summed E-state index contributed by atoms with van der Waals surface area (Å²) in [6.07, 6.45) is 14.4. The van der Waals surface area contributed by atoms with E-state index in [1.54, 1.807) is 0 Å². The maximum atomic E-state index is 13.4. The van der Waals surface area contributed by atoms with Crippen molar-refractivity contribution in [3.63, 3.8) is 0 Å². The van der Waals surface area contributed by atoms with Crippen LogP contribution in [0.15, 0.2) is 0 Å². The Morgan fingerprint density at radius 3 is 2.58 bits per heavy atom. The Kier molecular flexibility index (Phi) is 6.29. The average molecular weight is 432 g/mol. The molecule has 0 aromatic carbocycles. The summed E-state index contributed by atoms with van der Waals surface area (Å²) < 4.78 is 0. The van der Waals surface area contributed by atoms with Crippen molar-refractivity contribution in [3.05, 3.63) is 0 Å². The van der Waals surface area contributed by atoms with E-state index in [2.05, 4.69) is 12.2 Å². The molecule has 5 aliphatic rings. The van der Waals surface area contributed by atoms with Crippen LogP contribution in [0.4, 0.5) is 0 Å². The number of fused-ring (bicyclic) bond motifs is 5. The second kappa shape index (κ2) is 8.72. The molecule has 0 spiro atoms. The Hall–Kier alpha value is -0.450. The summed E-state index contributed by atoms with van der Waals surface area (Å²) in [4.78, 5) is 13.4. The van der Waals surface area contributed by atoms with Gasteiger partial charge in [0.2, 0.25) is 0 Å². The third kappa shape index (κ3) is 3.54. The maximum absolute atomic E-state index is 13.4.